The third-order valence-electron chi connectivity index (χ3n) is 3.04. The molecule has 1 aliphatic carbocycles. The molecule has 1 aromatic heterocycles. The highest BCUT2D eigenvalue weighted by Gasteiger charge is 2.16. The lowest BCUT2D eigenvalue weighted by atomic mass is 10.0. The Kier molecular flexibility index (Phi) is 3.37. The zero-order valence-electron chi connectivity index (χ0n) is 8.83. The van der Waals surface area contributed by atoms with Gasteiger partial charge in [-0.15, -0.1) is 0 Å². The standard InChI is InChI=1S/C11H17N3O/c15-11(14-10-7-12-13-8-10)6-5-9-3-1-2-4-9/h7-9H,1-6H2,(H,12,13)(H,14,15). The average molecular weight is 207 g/mol. The first-order valence-electron chi connectivity index (χ1n) is 5.63. The van der Waals surface area contributed by atoms with Crippen molar-refractivity contribution in [3.05, 3.63) is 12.4 Å². The van der Waals surface area contributed by atoms with E-state index in [1.165, 1.54) is 25.7 Å². The van der Waals surface area contributed by atoms with Crippen molar-refractivity contribution in [3.63, 3.8) is 0 Å². The monoisotopic (exact) mass is 207 g/mol. The lowest BCUT2D eigenvalue weighted by Crippen LogP contribution is -2.12. The van der Waals surface area contributed by atoms with Crippen molar-refractivity contribution < 1.29 is 4.79 Å². The second kappa shape index (κ2) is 4.96. The summed E-state index contributed by atoms with van der Waals surface area (Å²) in [5.74, 6) is 0.878. The van der Waals surface area contributed by atoms with Crippen LogP contribution in [-0.4, -0.2) is 16.1 Å². The van der Waals surface area contributed by atoms with E-state index in [0.717, 1.165) is 18.0 Å². The number of aromatic nitrogens is 2. The highest BCUT2D eigenvalue weighted by Crippen LogP contribution is 2.28. The van der Waals surface area contributed by atoms with Crippen molar-refractivity contribution in [2.24, 2.45) is 5.92 Å². The Morgan fingerprint density at radius 1 is 1.53 bits per heavy atom. The summed E-state index contributed by atoms with van der Waals surface area (Å²) in [4.78, 5) is 11.5. The van der Waals surface area contributed by atoms with Gasteiger partial charge in [-0.3, -0.25) is 9.89 Å². The van der Waals surface area contributed by atoms with E-state index in [2.05, 4.69) is 15.5 Å². The first-order chi connectivity index (χ1) is 7.34. The molecule has 0 atom stereocenters. The molecular formula is C11H17N3O. The third kappa shape index (κ3) is 3.08. The minimum atomic E-state index is 0.100. The Labute approximate surface area is 89.5 Å². The van der Waals surface area contributed by atoms with Gasteiger partial charge in [-0.05, 0) is 12.3 Å². The van der Waals surface area contributed by atoms with Crippen LogP contribution < -0.4 is 5.32 Å². The van der Waals surface area contributed by atoms with Gasteiger partial charge in [0.2, 0.25) is 5.91 Å². The van der Waals surface area contributed by atoms with E-state index in [1.54, 1.807) is 12.4 Å². The van der Waals surface area contributed by atoms with Crippen molar-refractivity contribution in [1.82, 2.24) is 10.2 Å². The molecule has 0 radical (unpaired) electrons. The Morgan fingerprint density at radius 2 is 2.33 bits per heavy atom. The van der Waals surface area contributed by atoms with Crippen LogP contribution in [0.5, 0.6) is 0 Å². The molecular weight excluding hydrogens is 190 g/mol. The van der Waals surface area contributed by atoms with Crippen LogP contribution in [0.1, 0.15) is 38.5 Å². The number of rotatable bonds is 4. The molecule has 0 aromatic carbocycles. The second-order valence-corrected chi connectivity index (χ2v) is 4.22. The molecule has 4 nitrogen and oxygen atoms in total. The predicted octanol–water partition coefficient (Wildman–Crippen LogP) is 2.32. The van der Waals surface area contributed by atoms with Gasteiger partial charge in [0, 0.05) is 12.6 Å². The van der Waals surface area contributed by atoms with Crippen molar-refractivity contribution in [2.45, 2.75) is 38.5 Å². The third-order valence-corrected chi connectivity index (χ3v) is 3.04. The van der Waals surface area contributed by atoms with Crippen LogP contribution in [0, 0.1) is 5.92 Å². The number of nitrogens with zero attached hydrogens (tertiary/aromatic N) is 1. The Morgan fingerprint density at radius 3 is 3.00 bits per heavy atom. The SMILES string of the molecule is O=C(CCC1CCCC1)Nc1cn[nH]c1. The number of carbonyl (C=O) groups excluding carboxylic acids is 1. The highest BCUT2D eigenvalue weighted by atomic mass is 16.1. The molecule has 2 rings (SSSR count). The summed E-state index contributed by atoms with van der Waals surface area (Å²) in [6.45, 7) is 0. The summed E-state index contributed by atoms with van der Waals surface area (Å²) in [5.41, 5.74) is 0.756. The molecule has 0 bridgehead atoms. The highest BCUT2D eigenvalue weighted by molar-refractivity contribution is 5.90. The number of nitrogens with one attached hydrogen (secondary N) is 2. The number of aromatic amines is 1. The summed E-state index contributed by atoms with van der Waals surface area (Å²) in [5, 5.41) is 9.25. The summed E-state index contributed by atoms with van der Waals surface area (Å²) in [7, 11) is 0. The summed E-state index contributed by atoms with van der Waals surface area (Å²) in [6, 6.07) is 0. The molecule has 82 valence electrons. The van der Waals surface area contributed by atoms with Gasteiger partial charge in [-0.2, -0.15) is 5.10 Å². The number of carbonyl (C=O) groups is 1. The van der Waals surface area contributed by atoms with Crippen molar-refractivity contribution in [2.75, 3.05) is 5.32 Å². The quantitative estimate of drug-likeness (QED) is 0.796. The van der Waals surface area contributed by atoms with E-state index in [4.69, 9.17) is 0 Å². The van der Waals surface area contributed by atoms with Crippen LogP contribution in [0.15, 0.2) is 12.4 Å². The molecule has 1 fully saturated rings. The molecule has 1 aromatic rings. The van der Waals surface area contributed by atoms with Crippen LogP contribution in [0.4, 0.5) is 5.69 Å². The van der Waals surface area contributed by atoms with Gasteiger partial charge in [0.15, 0.2) is 0 Å². The minimum Gasteiger partial charge on any atom is -0.323 e. The molecule has 0 aliphatic heterocycles. The van der Waals surface area contributed by atoms with E-state index in [9.17, 15) is 4.79 Å². The van der Waals surface area contributed by atoms with Crippen LogP contribution in [0.25, 0.3) is 0 Å². The molecule has 2 N–H and O–H groups in total. The molecule has 1 aliphatic rings. The summed E-state index contributed by atoms with van der Waals surface area (Å²) in [6.07, 6.45) is 10.3. The van der Waals surface area contributed by atoms with E-state index in [0.29, 0.717) is 6.42 Å². The predicted molar refractivity (Wildman–Crippen MR) is 58.4 cm³/mol. The zero-order valence-corrected chi connectivity index (χ0v) is 8.83. The van der Waals surface area contributed by atoms with Gasteiger partial charge in [-0.1, -0.05) is 25.7 Å². The number of hydrogen-bond donors (Lipinski definition) is 2. The van der Waals surface area contributed by atoms with Crippen LogP contribution in [-0.2, 0) is 4.79 Å². The fraction of sp³-hybridized carbons (Fsp3) is 0.636. The largest absolute Gasteiger partial charge is 0.323 e. The van der Waals surface area contributed by atoms with Crippen molar-refractivity contribution >= 4 is 11.6 Å². The first kappa shape index (κ1) is 10.2. The zero-order chi connectivity index (χ0) is 10.5. The average Bonchev–Trinajstić information content (AvgIpc) is 2.86. The van der Waals surface area contributed by atoms with Gasteiger partial charge in [-0.25, -0.2) is 0 Å². The van der Waals surface area contributed by atoms with E-state index in [-0.39, 0.29) is 5.91 Å². The van der Waals surface area contributed by atoms with Crippen LogP contribution in [0.3, 0.4) is 0 Å². The van der Waals surface area contributed by atoms with E-state index in [1.807, 2.05) is 0 Å². The lowest BCUT2D eigenvalue weighted by molar-refractivity contribution is -0.116. The fourth-order valence-electron chi connectivity index (χ4n) is 2.18. The first-order valence-corrected chi connectivity index (χ1v) is 5.63. The maximum absolute atomic E-state index is 11.5. The van der Waals surface area contributed by atoms with Gasteiger partial charge < -0.3 is 5.32 Å². The molecule has 1 amide bonds. The molecule has 1 saturated carbocycles. The molecule has 0 saturated heterocycles. The van der Waals surface area contributed by atoms with E-state index < -0.39 is 0 Å². The van der Waals surface area contributed by atoms with Crippen molar-refractivity contribution in [3.8, 4) is 0 Å². The molecule has 1 heterocycles. The van der Waals surface area contributed by atoms with Gasteiger partial charge in [0.1, 0.15) is 0 Å². The van der Waals surface area contributed by atoms with E-state index >= 15 is 0 Å². The van der Waals surface area contributed by atoms with Crippen LogP contribution in [0.2, 0.25) is 0 Å². The molecule has 0 unspecified atom stereocenters. The maximum atomic E-state index is 11.5. The Balaban J connectivity index is 1.68. The topological polar surface area (TPSA) is 57.8 Å². The molecule has 15 heavy (non-hydrogen) atoms. The summed E-state index contributed by atoms with van der Waals surface area (Å²) < 4.78 is 0. The molecule has 0 spiro atoms. The summed E-state index contributed by atoms with van der Waals surface area (Å²) >= 11 is 0. The number of H-pyrrole nitrogens is 1. The Bertz CT molecular complexity index is 302. The fourth-order valence-corrected chi connectivity index (χ4v) is 2.18. The lowest BCUT2D eigenvalue weighted by Gasteiger charge is -2.07. The second-order valence-electron chi connectivity index (χ2n) is 4.22. The number of amides is 1. The normalized spacial score (nSPS) is 16.8. The van der Waals surface area contributed by atoms with Crippen molar-refractivity contribution in [1.29, 1.82) is 0 Å². The number of anilines is 1. The van der Waals surface area contributed by atoms with Crippen LogP contribution >= 0.6 is 0 Å². The van der Waals surface area contributed by atoms with Gasteiger partial charge in [0.05, 0.1) is 11.9 Å². The van der Waals surface area contributed by atoms with Gasteiger partial charge in [0.25, 0.3) is 0 Å². The number of hydrogen-bond acceptors (Lipinski definition) is 2. The smallest absolute Gasteiger partial charge is 0.224 e. The maximum Gasteiger partial charge on any atom is 0.224 e. The molecule has 4 heteroatoms. The van der Waals surface area contributed by atoms with Gasteiger partial charge >= 0.3 is 0 Å². The minimum absolute atomic E-state index is 0.100. The Hall–Kier alpha value is -1.32.